The van der Waals surface area contributed by atoms with Crippen LogP contribution in [0.5, 0.6) is 0 Å². The van der Waals surface area contributed by atoms with E-state index >= 15 is 4.39 Å². The summed E-state index contributed by atoms with van der Waals surface area (Å²) < 4.78 is 24.8. The minimum absolute atomic E-state index is 0.0233. The van der Waals surface area contributed by atoms with E-state index in [2.05, 4.69) is 9.47 Å². The first-order chi connectivity index (χ1) is 19.6. The molecule has 0 bridgehead atoms. The number of esters is 3. The predicted molar refractivity (Wildman–Crippen MR) is 140 cm³/mol. The molecule has 12 nitrogen and oxygen atoms in total. The van der Waals surface area contributed by atoms with Crippen molar-refractivity contribution < 1.29 is 63.1 Å². The number of aliphatic hydroxyl groups excluding tert-OH is 2. The minimum Gasteiger partial charge on any atom is -0.481 e. The number of Topliss-reactive ketones (excluding diaryl/α,β-unsaturated/α-hetero) is 1. The van der Waals surface area contributed by atoms with Gasteiger partial charge in [-0.2, -0.15) is 0 Å². The highest BCUT2D eigenvalue weighted by atomic mass is 19.1. The maximum atomic E-state index is 16.6. The van der Waals surface area contributed by atoms with Crippen molar-refractivity contribution in [1.82, 2.24) is 0 Å². The summed E-state index contributed by atoms with van der Waals surface area (Å²) in [5.74, 6) is -4.35. The normalized spacial score (nSPS) is 36.0. The Morgan fingerprint density at radius 1 is 1.07 bits per heavy atom. The SMILES string of the molecule is CC12C=CC(=O)C=C1CCC1C3CCC(O)(C(=O)CO)C3CC(O)C12F.COC(=O)CCC(=O)O.O=C1CCC(=O)O1. The fourth-order valence-corrected chi connectivity index (χ4v) is 7.07. The fraction of sp³-hybridized carbons (Fsp3) is 0.655. The Labute approximate surface area is 241 Å². The van der Waals surface area contributed by atoms with E-state index in [1.807, 2.05) is 0 Å². The molecule has 0 amide bonds. The molecule has 0 radical (unpaired) electrons. The molecular formula is C29H37FO12. The number of carbonyl (C=O) groups excluding carboxylic acids is 5. The zero-order chi connectivity index (χ0) is 31.5. The number of alkyl halides is 1. The number of carboxylic acid groups (broad SMARTS) is 1. The second-order valence-electron chi connectivity index (χ2n) is 11.4. The van der Waals surface area contributed by atoms with Crippen molar-refractivity contribution in [1.29, 1.82) is 0 Å². The predicted octanol–water partition coefficient (Wildman–Crippen LogP) is 1.13. The second-order valence-corrected chi connectivity index (χ2v) is 11.4. The van der Waals surface area contributed by atoms with Gasteiger partial charge in [0.05, 0.1) is 38.9 Å². The van der Waals surface area contributed by atoms with Crippen molar-refractivity contribution in [2.75, 3.05) is 13.7 Å². The number of carbonyl (C=O) groups is 6. The molecule has 1 heterocycles. The molecule has 7 atom stereocenters. The Morgan fingerprint density at radius 2 is 1.71 bits per heavy atom. The lowest BCUT2D eigenvalue weighted by Gasteiger charge is -2.59. The van der Waals surface area contributed by atoms with Crippen LogP contribution in [0.3, 0.4) is 0 Å². The standard InChI is InChI=1S/C20H25FO5.C5H8O4.C4H4O3/c1-18-6-4-12(23)8-11(18)2-3-14-13-5-7-19(26,17(25)10-22)15(13)9-16(24)20(14,18)21;1-9-5(8)3-2-4(6)7;5-3-1-2-4(6)7-3/h4,6,8,13-16,22,24,26H,2-3,5,7,9-10H2,1H3;2-3H2,1H3,(H,6,7);1-2H2. The summed E-state index contributed by atoms with van der Waals surface area (Å²) in [6, 6.07) is 0. The molecule has 3 saturated carbocycles. The van der Waals surface area contributed by atoms with Crippen molar-refractivity contribution in [2.24, 2.45) is 23.2 Å². The molecule has 4 fully saturated rings. The van der Waals surface area contributed by atoms with Crippen LogP contribution in [0.1, 0.15) is 64.7 Å². The van der Waals surface area contributed by atoms with Crippen molar-refractivity contribution in [3.8, 4) is 0 Å². The van der Waals surface area contributed by atoms with Gasteiger partial charge in [-0.3, -0.25) is 28.8 Å². The molecule has 5 aliphatic rings. The number of carboxylic acids is 1. The van der Waals surface area contributed by atoms with Crippen molar-refractivity contribution >= 4 is 35.4 Å². The third-order valence-corrected chi connectivity index (χ3v) is 9.25. The average Bonchev–Trinajstić information content (AvgIpc) is 3.50. The number of fused-ring (bicyclic) bond motifs is 5. The molecule has 4 N–H and O–H groups in total. The molecule has 0 aromatic carbocycles. The zero-order valence-electron chi connectivity index (χ0n) is 23.5. The van der Waals surface area contributed by atoms with Crippen LogP contribution in [-0.2, 0) is 38.2 Å². The number of aliphatic hydroxyl groups is 3. The van der Waals surface area contributed by atoms with E-state index in [0.29, 0.717) is 24.8 Å². The van der Waals surface area contributed by atoms with Gasteiger partial charge in [0, 0.05) is 17.3 Å². The van der Waals surface area contributed by atoms with Crippen LogP contribution in [0.2, 0.25) is 0 Å². The van der Waals surface area contributed by atoms with E-state index in [0.717, 1.165) is 0 Å². The van der Waals surface area contributed by atoms with Gasteiger partial charge < -0.3 is 29.9 Å². The van der Waals surface area contributed by atoms with E-state index in [1.165, 1.54) is 19.3 Å². The van der Waals surface area contributed by atoms with Crippen LogP contribution in [0.15, 0.2) is 23.8 Å². The van der Waals surface area contributed by atoms with Gasteiger partial charge in [0.1, 0.15) is 12.2 Å². The van der Waals surface area contributed by atoms with Crippen LogP contribution >= 0.6 is 0 Å². The van der Waals surface area contributed by atoms with Crippen LogP contribution in [0.4, 0.5) is 4.39 Å². The van der Waals surface area contributed by atoms with Gasteiger partial charge in [-0.15, -0.1) is 0 Å². The summed E-state index contributed by atoms with van der Waals surface area (Å²) in [5, 5.41) is 39.0. The number of ether oxygens (including phenoxy) is 2. The van der Waals surface area contributed by atoms with Gasteiger partial charge in [0.15, 0.2) is 17.2 Å². The number of methoxy groups -OCH3 is 1. The summed E-state index contributed by atoms with van der Waals surface area (Å²) in [5.41, 5.74) is -3.98. The molecule has 1 saturated heterocycles. The Balaban J connectivity index is 0.000000248. The topological polar surface area (TPSA) is 202 Å². The van der Waals surface area contributed by atoms with Gasteiger partial charge in [-0.25, -0.2) is 4.39 Å². The molecular weight excluding hydrogens is 559 g/mol. The highest BCUT2D eigenvalue weighted by Crippen LogP contribution is 2.65. The fourth-order valence-electron chi connectivity index (χ4n) is 7.07. The molecule has 1 aliphatic heterocycles. The number of halogens is 1. The molecule has 0 aromatic heterocycles. The van der Waals surface area contributed by atoms with E-state index in [4.69, 9.17) is 5.11 Å². The van der Waals surface area contributed by atoms with E-state index in [-0.39, 0.29) is 50.2 Å². The number of ketones is 2. The van der Waals surface area contributed by atoms with Crippen molar-refractivity contribution in [2.45, 2.75) is 82.1 Å². The Morgan fingerprint density at radius 3 is 2.24 bits per heavy atom. The molecule has 232 valence electrons. The number of cyclic esters (lactones) is 2. The highest BCUT2D eigenvalue weighted by Gasteiger charge is 2.70. The minimum atomic E-state index is -1.94. The first-order valence-electron chi connectivity index (χ1n) is 13.8. The smallest absolute Gasteiger partial charge is 0.314 e. The van der Waals surface area contributed by atoms with Crippen LogP contribution in [0.25, 0.3) is 0 Å². The highest BCUT2D eigenvalue weighted by molar-refractivity contribution is 6.01. The van der Waals surface area contributed by atoms with Gasteiger partial charge >= 0.3 is 23.9 Å². The van der Waals surface area contributed by atoms with Gasteiger partial charge in [0.25, 0.3) is 0 Å². The largest absolute Gasteiger partial charge is 0.481 e. The third kappa shape index (κ3) is 6.23. The van der Waals surface area contributed by atoms with Gasteiger partial charge in [-0.05, 0) is 57.1 Å². The summed E-state index contributed by atoms with van der Waals surface area (Å²) in [6.07, 6.45) is 5.09. The molecule has 7 unspecified atom stereocenters. The maximum Gasteiger partial charge on any atom is 0.314 e. The average molecular weight is 597 g/mol. The van der Waals surface area contributed by atoms with Crippen molar-refractivity contribution in [3.05, 3.63) is 23.8 Å². The molecule has 0 aromatic rings. The summed E-state index contributed by atoms with van der Waals surface area (Å²) in [4.78, 5) is 63.9. The Hall–Kier alpha value is -3.29. The summed E-state index contributed by atoms with van der Waals surface area (Å²) >= 11 is 0. The summed E-state index contributed by atoms with van der Waals surface area (Å²) in [7, 11) is 1.23. The quantitative estimate of drug-likeness (QED) is 0.261. The molecule has 13 heteroatoms. The zero-order valence-corrected chi connectivity index (χ0v) is 23.5. The lowest BCUT2D eigenvalue weighted by atomic mass is 9.48. The Kier molecular flexibility index (Phi) is 10.2. The van der Waals surface area contributed by atoms with E-state index < -0.39 is 70.9 Å². The van der Waals surface area contributed by atoms with Crippen LogP contribution in [-0.4, -0.2) is 87.0 Å². The number of rotatable bonds is 5. The maximum absolute atomic E-state index is 16.6. The third-order valence-electron chi connectivity index (χ3n) is 9.25. The lowest BCUT2D eigenvalue weighted by molar-refractivity contribution is -0.189. The number of hydrogen-bond donors (Lipinski definition) is 4. The van der Waals surface area contributed by atoms with E-state index in [1.54, 1.807) is 13.0 Å². The first kappa shape index (κ1) is 33.2. The second kappa shape index (κ2) is 12.9. The van der Waals surface area contributed by atoms with Crippen molar-refractivity contribution in [3.63, 3.8) is 0 Å². The number of aliphatic carboxylic acids is 1. The number of hydrogen-bond acceptors (Lipinski definition) is 11. The molecule has 42 heavy (non-hydrogen) atoms. The lowest BCUT2D eigenvalue weighted by Crippen LogP contribution is -2.66. The molecule has 5 rings (SSSR count). The summed E-state index contributed by atoms with van der Waals surface area (Å²) in [6.45, 7) is 0.980. The molecule has 4 aliphatic carbocycles. The van der Waals surface area contributed by atoms with Gasteiger partial charge in [0.2, 0.25) is 0 Å². The van der Waals surface area contributed by atoms with Crippen LogP contribution in [0, 0.1) is 23.2 Å². The van der Waals surface area contributed by atoms with Crippen LogP contribution < -0.4 is 0 Å². The van der Waals surface area contributed by atoms with E-state index in [9.17, 15) is 44.1 Å². The Bertz CT molecular complexity index is 1180. The molecule has 0 spiro atoms. The van der Waals surface area contributed by atoms with Gasteiger partial charge in [-0.1, -0.05) is 11.6 Å². The number of allylic oxidation sites excluding steroid dienone is 4. The monoisotopic (exact) mass is 596 g/mol. The first-order valence-corrected chi connectivity index (χ1v) is 13.8.